The van der Waals surface area contributed by atoms with Crippen molar-refractivity contribution in [3.8, 4) is 5.75 Å². The van der Waals surface area contributed by atoms with Gasteiger partial charge in [-0.2, -0.15) is 0 Å². The van der Waals surface area contributed by atoms with Crippen LogP contribution in [0.1, 0.15) is 0 Å². The number of carboxylic acid groups (broad SMARTS) is 1. The average Bonchev–Trinajstić information content (AvgIpc) is 2.05. The van der Waals surface area contributed by atoms with E-state index in [1.165, 1.54) is 0 Å². The number of hydrogen-bond donors (Lipinski definition) is 1. The number of carbonyl (C=O) groups is 1. The predicted octanol–water partition coefficient (Wildman–Crippen LogP) is 1.25. The average molecular weight is 168 g/mol. The quantitative estimate of drug-likeness (QED) is 0.676. The molecule has 0 saturated heterocycles. The second-order valence-corrected chi connectivity index (χ2v) is 4.04. The van der Waals surface area contributed by atoms with Gasteiger partial charge in [0.1, 0.15) is 5.75 Å². The summed E-state index contributed by atoms with van der Waals surface area (Å²) in [5.41, 5.74) is 2.63. The number of methoxy groups -OCH3 is 1. The Morgan fingerprint density at radius 2 is 2.09 bits per heavy atom. The molecule has 0 amide bonds. The predicted molar refractivity (Wildman–Crippen MR) is 42.4 cm³/mol. The summed E-state index contributed by atoms with van der Waals surface area (Å²) >= 11 is 0. The van der Waals surface area contributed by atoms with Crippen molar-refractivity contribution in [3.05, 3.63) is 23.5 Å². The van der Waals surface area contributed by atoms with Crippen molar-refractivity contribution >= 4 is 14.0 Å². The van der Waals surface area contributed by atoms with E-state index >= 15 is 0 Å². The summed E-state index contributed by atoms with van der Waals surface area (Å²) in [7, 11) is 0.105. The third-order valence-electron chi connectivity index (χ3n) is 1.34. The van der Waals surface area contributed by atoms with Crippen molar-refractivity contribution in [1.29, 1.82) is 0 Å². The maximum absolute atomic E-state index is 10.4. The number of rotatable bonds is 2. The molecule has 0 fully saturated rings. The van der Waals surface area contributed by atoms with E-state index in [0.717, 1.165) is 0 Å². The molecule has 0 aliphatic heterocycles. The third-order valence-corrected chi connectivity index (χ3v) is 2.88. The summed E-state index contributed by atoms with van der Waals surface area (Å²) in [6.07, 6.45) is 0. The molecular weight excluding hydrogens is 160 g/mol. The monoisotopic (exact) mass is 168 g/mol. The van der Waals surface area contributed by atoms with Crippen LogP contribution >= 0.6 is 0 Å². The second kappa shape index (κ2) is 3.29. The minimum atomic E-state index is -1.45. The first-order valence-electron chi connectivity index (χ1n) is 3.11. The van der Waals surface area contributed by atoms with E-state index in [1.807, 2.05) is 0 Å². The lowest BCUT2D eigenvalue weighted by molar-refractivity contribution is 0.220. The topological polar surface area (TPSA) is 46.5 Å². The molecule has 1 aromatic heterocycles. The number of hydrogen-bond acceptors (Lipinski definition) is 2. The first-order valence-corrected chi connectivity index (χ1v) is 4.77. The fraction of sp³-hybridized carbons (Fsp3) is 0.143. The highest BCUT2D eigenvalue weighted by molar-refractivity contribution is 6.81. The smallest absolute Gasteiger partial charge is 0.294 e. The Morgan fingerprint density at radius 3 is 2.45 bits per heavy atom. The summed E-state index contributed by atoms with van der Waals surface area (Å²) in [6, 6.07) is 3.39. The Hall–Kier alpha value is -1.16. The lowest BCUT2D eigenvalue weighted by atomic mass is 10.5. The highest BCUT2D eigenvalue weighted by Crippen LogP contribution is 2.06. The standard InChI is InChI=1S/C7H8O3Si/c1-10-6-2-4-11(5-3-6)7(8)9/h2-5H,1H3,(H,8,9). The zero-order valence-corrected chi connectivity index (χ0v) is 7.07. The molecule has 0 atom stereocenters. The zero-order valence-electron chi connectivity index (χ0n) is 6.07. The van der Waals surface area contributed by atoms with Crippen molar-refractivity contribution in [1.82, 2.24) is 0 Å². The largest absolute Gasteiger partial charge is 0.497 e. The Labute approximate surface area is 65.8 Å². The van der Waals surface area contributed by atoms with E-state index < -0.39 is 14.0 Å². The highest BCUT2D eigenvalue weighted by atomic mass is 28.2. The van der Waals surface area contributed by atoms with Gasteiger partial charge in [0.05, 0.1) is 7.11 Å². The molecule has 3 nitrogen and oxygen atoms in total. The first kappa shape index (κ1) is 7.94. The minimum Gasteiger partial charge on any atom is -0.497 e. The van der Waals surface area contributed by atoms with Crippen LogP contribution in [0.2, 0.25) is 0 Å². The fourth-order valence-electron chi connectivity index (χ4n) is 0.734. The van der Waals surface area contributed by atoms with Crippen LogP contribution in [-0.2, 0) is 0 Å². The molecule has 58 valence electrons. The third kappa shape index (κ3) is 1.88. The lowest BCUT2D eigenvalue weighted by Crippen LogP contribution is -2.08. The molecule has 0 aliphatic carbocycles. The van der Waals surface area contributed by atoms with Crippen LogP contribution in [0.25, 0.3) is 0 Å². The molecule has 0 saturated carbocycles. The van der Waals surface area contributed by atoms with Crippen LogP contribution in [0.3, 0.4) is 0 Å². The van der Waals surface area contributed by atoms with Crippen molar-refractivity contribution in [3.63, 3.8) is 0 Å². The van der Waals surface area contributed by atoms with Gasteiger partial charge >= 0.3 is 0 Å². The SMILES string of the molecule is COc1cc[si](C(=O)O)cc1. The van der Waals surface area contributed by atoms with Gasteiger partial charge in [0.15, 0.2) is 8.40 Å². The van der Waals surface area contributed by atoms with Crippen molar-refractivity contribution in [2.45, 2.75) is 0 Å². The molecule has 0 aromatic carbocycles. The highest BCUT2D eigenvalue weighted by Gasteiger charge is 2.01. The Bertz CT molecular complexity index is 255. The van der Waals surface area contributed by atoms with E-state index in [0.29, 0.717) is 5.75 Å². The Kier molecular flexibility index (Phi) is 2.38. The van der Waals surface area contributed by atoms with Crippen LogP contribution in [0.5, 0.6) is 5.75 Å². The Balaban J connectivity index is 2.91. The molecule has 0 radical (unpaired) electrons. The molecule has 1 heterocycles. The van der Waals surface area contributed by atoms with E-state index in [2.05, 4.69) is 0 Å². The second-order valence-electron chi connectivity index (χ2n) is 2.03. The van der Waals surface area contributed by atoms with Gasteiger partial charge in [-0.25, -0.2) is 0 Å². The molecule has 11 heavy (non-hydrogen) atoms. The molecular formula is C7H8O3Si. The van der Waals surface area contributed by atoms with Gasteiger partial charge in [0.25, 0.3) is 5.59 Å². The van der Waals surface area contributed by atoms with Crippen molar-refractivity contribution in [2.24, 2.45) is 0 Å². The van der Waals surface area contributed by atoms with Crippen LogP contribution in [0, 0.1) is 0 Å². The van der Waals surface area contributed by atoms with Gasteiger partial charge < -0.3 is 9.84 Å². The van der Waals surface area contributed by atoms with Gasteiger partial charge in [-0.3, -0.25) is 4.79 Å². The lowest BCUT2D eigenvalue weighted by Gasteiger charge is -1.97. The van der Waals surface area contributed by atoms with E-state index in [1.54, 1.807) is 30.6 Å². The summed E-state index contributed by atoms with van der Waals surface area (Å²) in [4.78, 5) is 10.4. The summed E-state index contributed by atoms with van der Waals surface area (Å²) < 4.78 is 4.89. The van der Waals surface area contributed by atoms with Gasteiger partial charge in [-0.05, 0) is 12.1 Å². The first-order chi connectivity index (χ1) is 5.24. The van der Waals surface area contributed by atoms with Gasteiger partial charge in [0.2, 0.25) is 0 Å². The van der Waals surface area contributed by atoms with Gasteiger partial charge in [0, 0.05) is 0 Å². The summed E-state index contributed by atoms with van der Waals surface area (Å²) in [6.45, 7) is 0. The van der Waals surface area contributed by atoms with Gasteiger partial charge in [-0.1, -0.05) is 11.4 Å². The minimum absolute atomic E-state index is 0.708. The van der Waals surface area contributed by atoms with E-state index in [9.17, 15) is 4.79 Å². The van der Waals surface area contributed by atoms with Crippen LogP contribution in [0.4, 0.5) is 4.79 Å². The Morgan fingerprint density at radius 1 is 1.55 bits per heavy atom. The van der Waals surface area contributed by atoms with Crippen molar-refractivity contribution < 1.29 is 14.6 Å². The number of ether oxygens (including phenoxy) is 1. The van der Waals surface area contributed by atoms with Crippen molar-refractivity contribution in [2.75, 3.05) is 7.11 Å². The molecule has 1 aromatic rings. The van der Waals surface area contributed by atoms with E-state index in [4.69, 9.17) is 9.84 Å². The van der Waals surface area contributed by atoms with Crippen LogP contribution in [-0.4, -0.2) is 26.2 Å². The molecule has 1 N–H and O–H groups in total. The molecule has 1 rings (SSSR count). The van der Waals surface area contributed by atoms with Crippen LogP contribution < -0.4 is 4.74 Å². The molecule has 0 unspecified atom stereocenters. The fourth-order valence-corrected chi connectivity index (χ4v) is 1.82. The zero-order chi connectivity index (χ0) is 8.27. The molecule has 4 heteroatoms. The molecule has 0 bridgehead atoms. The van der Waals surface area contributed by atoms with Crippen LogP contribution in [0.15, 0.2) is 23.5 Å². The normalized spacial score (nSPS) is 9.18. The maximum atomic E-state index is 10.4. The van der Waals surface area contributed by atoms with Gasteiger partial charge in [-0.15, -0.1) is 0 Å². The molecule has 0 aliphatic rings. The van der Waals surface area contributed by atoms with E-state index in [-0.39, 0.29) is 0 Å². The maximum Gasteiger partial charge on any atom is 0.294 e. The summed E-state index contributed by atoms with van der Waals surface area (Å²) in [5, 5.41) is 8.59. The molecule has 0 spiro atoms. The summed E-state index contributed by atoms with van der Waals surface area (Å²) in [5.74, 6) is 0.708.